The Hall–Kier alpha value is -0.870. The number of ether oxygens (including phenoxy) is 1. The molecule has 15 heavy (non-hydrogen) atoms. The van der Waals surface area contributed by atoms with E-state index in [1.54, 1.807) is 11.9 Å². The molecule has 1 unspecified atom stereocenters. The number of hydrogen-bond donors (Lipinski definition) is 1. The molecule has 0 aliphatic carbocycles. The first-order chi connectivity index (χ1) is 7.29. The first-order valence-electron chi connectivity index (χ1n) is 5.03. The molecular weight excluding hydrogens is 208 g/mol. The second-order valence-corrected chi connectivity index (χ2v) is 4.48. The fraction of sp³-hybridized carbons (Fsp3) is 0.455. The average molecular weight is 224 g/mol. The van der Waals surface area contributed by atoms with Gasteiger partial charge in [0.15, 0.2) is 0 Å². The van der Waals surface area contributed by atoms with Gasteiger partial charge in [0.1, 0.15) is 0 Å². The summed E-state index contributed by atoms with van der Waals surface area (Å²) in [7, 11) is 2.06. The first-order valence-corrected chi connectivity index (χ1v) is 6.21. The normalized spacial score (nSPS) is 18.7. The minimum Gasteiger partial charge on any atom is -0.382 e. The molecule has 0 amide bonds. The first kappa shape index (κ1) is 10.6. The Bertz CT molecular complexity index is 311. The molecule has 1 aromatic carbocycles. The lowest BCUT2D eigenvalue weighted by molar-refractivity contribution is 0.417. The Morgan fingerprint density at radius 2 is 2.13 bits per heavy atom. The average Bonchev–Trinajstić information content (AvgIpc) is 3.10. The molecule has 1 heterocycles. The summed E-state index contributed by atoms with van der Waals surface area (Å²) in [5.74, 6) is 0. The molecular formula is C11H16N2OS. The molecule has 0 bridgehead atoms. The minimum absolute atomic E-state index is 0.429. The van der Waals surface area contributed by atoms with E-state index in [2.05, 4.69) is 47.2 Å². The number of benzene rings is 1. The van der Waals surface area contributed by atoms with E-state index in [9.17, 15) is 0 Å². The monoisotopic (exact) mass is 224 g/mol. The Labute approximate surface area is 94.9 Å². The van der Waals surface area contributed by atoms with Crippen molar-refractivity contribution in [2.45, 2.75) is 6.10 Å². The number of nitrogens with zero attached hydrogens (tertiary/aromatic N) is 1. The number of hydrogen-bond acceptors (Lipinski definition) is 4. The quantitative estimate of drug-likeness (QED) is 0.613. The van der Waals surface area contributed by atoms with Crippen molar-refractivity contribution in [2.75, 3.05) is 36.1 Å². The molecule has 1 aliphatic rings. The third-order valence-corrected chi connectivity index (χ3v) is 3.20. The number of nitrogens with one attached hydrogen (secondary N) is 1. The van der Waals surface area contributed by atoms with Gasteiger partial charge in [-0.15, -0.1) is 0 Å². The minimum atomic E-state index is 0.429. The molecule has 0 radical (unpaired) electrons. The van der Waals surface area contributed by atoms with E-state index in [-0.39, 0.29) is 0 Å². The van der Waals surface area contributed by atoms with Gasteiger partial charge < -0.3 is 14.4 Å². The van der Waals surface area contributed by atoms with Crippen LogP contribution < -0.4 is 9.62 Å². The van der Waals surface area contributed by atoms with Crippen LogP contribution in [0.1, 0.15) is 0 Å². The van der Waals surface area contributed by atoms with Gasteiger partial charge in [-0.3, -0.25) is 0 Å². The van der Waals surface area contributed by atoms with Crippen LogP contribution in [0.3, 0.4) is 0 Å². The van der Waals surface area contributed by atoms with E-state index in [0.717, 1.165) is 18.8 Å². The van der Waals surface area contributed by atoms with E-state index >= 15 is 0 Å². The number of rotatable bonds is 5. The van der Waals surface area contributed by atoms with Crippen LogP contribution in [0, 0.1) is 0 Å². The maximum Gasteiger partial charge on any atom is 0.0981 e. The molecule has 2 rings (SSSR count). The fourth-order valence-corrected chi connectivity index (χ4v) is 1.64. The van der Waals surface area contributed by atoms with Crippen molar-refractivity contribution < 1.29 is 4.74 Å². The van der Waals surface area contributed by atoms with Crippen LogP contribution >= 0.6 is 11.9 Å². The second-order valence-electron chi connectivity index (χ2n) is 3.56. The Kier molecular flexibility index (Phi) is 3.38. The van der Waals surface area contributed by atoms with E-state index in [1.165, 1.54) is 5.69 Å². The summed E-state index contributed by atoms with van der Waals surface area (Å²) < 4.78 is 7.27. The van der Waals surface area contributed by atoms with Crippen LogP contribution in [0.2, 0.25) is 0 Å². The molecule has 82 valence electrons. The van der Waals surface area contributed by atoms with E-state index in [4.69, 9.17) is 4.74 Å². The largest absolute Gasteiger partial charge is 0.382 e. The van der Waals surface area contributed by atoms with Gasteiger partial charge in [-0.25, -0.2) is 0 Å². The number of epoxide rings is 1. The summed E-state index contributed by atoms with van der Waals surface area (Å²) in [4.78, 5) is 0. The lowest BCUT2D eigenvalue weighted by Crippen LogP contribution is -2.08. The van der Waals surface area contributed by atoms with Crippen molar-refractivity contribution in [3.63, 3.8) is 0 Å². The lowest BCUT2D eigenvalue weighted by atomic mass is 10.3. The highest BCUT2D eigenvalue weighted by Gasteiger charge is 2.21. The van der Waals surface area contributed by atoms with Crippen LogP contribution in [-0.4, -0.2) is 32.6 Å². The van der Waals surface area contributed by atoms with Crippen LogP contribution in [0.15, 0.2) is 24.3 Å². The van der Waals surface area contributed by atoms with Gasteiger partial charge >= 0.3 is 0 Å². The second kappa shape index (κ2) is 4.77. The number of anilines is 2. The maximum atomic E-state index is 5.14. The third kappa shape index (κ3) is 3.04. The van der Waals surface area contributed by atoms with Gasteiger partial charge in [-0.1, -0.05) is 11.9 Å². The summed E-state index contributed by atoms with van der Waals surface area (Å²) in [6, 6.07) is 8.44. The summed E-state index contributed by atoms with van der Waals surface area (Å²) in [6.07, 6.45) is 2.50. The van der Waals surface area contributed by atoms with Gasteiger partial charge in [-0.2, -0.15) is 0 Å². The molecule has 1 atom stereocenters. The molecule has 0 saturated carbocycles. The van der Waals surface area contributed by atoms with Crippen LogP contribution in [0.5, 0.6) is 0 Å². The predicted molar refractivity (Wildman–Crippen MR) is 66.6 cm³/mol. The standard InChI is InChI=1S/C11H16N2OS/c1-13(15-2)10-5-3-9(4-6-10)12-7-11-8-14-11/h3-6,11-12H,7-8H2,1-2H3. The van der Waals surface area contributed by atoms with E-state index < -0.39 is 0 Å². The zero-order chi connectivity index (χ0) is 10.7. The maximum absolute atomic E-state index is 5.14. The van der Waals surface area contributed by atoms with Crippen LogP contribution in [0.25, 0.3) is 0 Å². The fourth-order valence-electron chi connectivity index (χ4n) is 1.31. The van der Waals surface area contributed by atoms with Gasteiger partial charge in [0.25, 0.3) is 0 Å². The molecule has 1 aliphatic heterocycles. The molecule has 1 aromatic rings. The van der Waals surface area contributed by atoms with E-state index in [1.807, 2.05) is 0 Å². The van der Waals surface area contributed by atoms with Crippen molar-refractivity contribution in [1.82, 2.24) is 0 Å². The molecule has 1 fully saturated rings. The summed E-state index contributed by atoms with van der Waals surface area (Å²) in [6.45, 7) is 1.82. The molecule has 3 nitrogen and oxygen atoms in total. The summed E-state index contributed by atoms with van der Waals surface area (Å²) in [5.41, 5.74) is 2.37. The molecule has 0 spiro atoms. The van der Waals surface area contributed by atoms with Gasteiger partial charge in [-0.05, 0) is 24.3 Å². The molecule has 4 heteroatoms. The van der Waals surface area contributed by atoms with Crippen molar-refractivity contribution >= 4 is 23.3 Å². The van der Waals surface area contributed by atoms with Gasteiger partial charge in [0.2, 0.25) is 0 Å². The third-order valence-electron chi connectivity index (χ3n) is 2.44. The molecule has 0 aromatic heterocycles. The van der Waals surface area contributed by atoms with E-state index in [0.29, 0.717) is 6.10 Å². The Balaban J connectivity index is 1.90. The molecule has 1 saturated heterocycles. The van der Waals surface area contributed by atoms with Crippen molar-refractivity contribution in [2.24, 2.45) is 0 Å². The highest BCUT2D eigenvalue weighted by Crippen LogP contribution is 2.21. The van der Waals surface area contributed by atoms with Crippen LogP contribution in [0.4, 0.5) is 11.4 Å². The smallest absolute Gasteiger partial charge is 0.0981 e. The Morgan fingerprint density at radius 1 is 1.47 bits per heavy atom. The zero-order valence-corrected chi connectivity index (χ0v) is 9.88. The summed E-state index contributed by atoms with van der Waals surface area (Å²) >= 11 is 1.70. The van der Waals surface area contributed by atoms with Gasteiger partial charge in [0, 0.05) is 31.2 Å². The topological polar surface area (TPSA) is 27.8 Å². The summed E-state index contributed by atoms with van der Waals surface area (Å²) in [5, 5.41) is 3.34. The van der Waals surface area contributed by atoms with Crippen molar-refractivity contribution in [3.05, 3.63) is 24.3 Å². The SMILES string of the molecule is CSN(C)c1ccc(NCC2CO2)cc1. The van der Waals surface area contributed by atoms with Crippen molar-refractivity contribution in [3.8, 4) is 0 Å². The predicted octanol–water partition coefficient (Wildman–Crippen LogP) is 2.21. The van der Waals surface area contributed by atoms with Crippen LogP contribution in [-0.2, 0) is 4.74 Å². The molecule has 1 N–H and O–H groups in total. The Morgan fingerprint density at radius 3 is 2.67 bits per heavy atom. The van der Waals surface area contributed by atoms with Gasteiger partial charge in [0.05, 0.1) is 12.7 Å². The zero-order valence-electron chi connectivity index (χ0n) is 9.06. The van der Waals surface area contributed by atoms with Crippen molar-refractivity contribution in [1.29, 1.82) is 0 Å². The highest BCUT2D eigenvalue weighted by molar-refractivity contribution is 7.99. The lowest BCUT2D eigenvalue weighted by Gasteiger charge is -2.15. The highest BCUT2D eigenvalue weighted by atomic mass is 32.2.